The maximum atomic E-state index is 12.7. The standard InChI is InChI=1S/C22H27N3O3.CH2O/c1-16(2)22(12-20-23-13-18(14-24-20)19(27)15-26)8-10-25(11-9-22)21(28)17-6-4-3-5-7-17;1-2/h3-7,13-14,16,26H,8-12,15H2,1-2H3;1H2. The molecule has 0 aliphatic carbocycles. The number of carbonyl (C=O) groups is 3. The normalized spacial score (nSPS) is 15.3. The fourth-order valence-electron chi connectivity index (χ4n) is 3.87. The molecule has 1 aromatic carbocycles. The molecule has 7 heteroatoms. The fraction of sp³-hybridized carbons (Fsp3) is 0.435. The van der Waals surface area contributed by atoms with Crippen LogP contribution < -0.4 is 0 Å². The van der Waals surface area contributed by atoms with Crippen molar-refractivity contribution in [2.24, 2.45) is 11.3 Å². The molecule has 30 heavy (non-hydrogen) atoms. The highest BCUT2D eigenvalue weighted by atomic mass is 16.3. The van der Waals surface area contributed by atoms with Crippen molar-refractivity contribution < 1.29 is 19.5 Å². The first-order valence-electron chi connectivity index (χ1n) is 10.0. The fourth-order valence-corrected chi connectivity index (χ4v) is 3.87. The molecule has 0 spiro atoms. The van der Waals surface area contributed by atoms with Crippen LogP contribution in [0.4, 0.5) is 0 Å². The van der Waals surface area contributed by atoms with Crippen LogP contribution in [0.1, 0.15) is 53.2 Å². The summed E-state index contributed by atoms with van der Waals surface area (Å²) < 4.78 is 0. The molecule has 160 valence electrons. The number of nitrogens with zero attached hydrogens (tertiary/aromatic N) is 3. The molecule has 1 N–H and O–H groups in total. The number of carbonyl (C=O) groups excluding carboxylic acids is 3. The smallest absolute Gasteiger partial charge is 0.253 e. The average molecular weight is 412 g/mol. The Bertz CT molecular complexity index is 829. The average Bonchev–Trinajstić information content (AvgIpc) is 2.81. The van der Waals surface area contributed by atoms with Crippen molar-refractivity contribution in [3.8, 4) is 0 Å². The second kappa shape index (κ2) is 10.7. The van der Waals surface area contributed by atoms with Crippen molar-refractivity contribution in [1.29, 1.82) is 0 Å². The Morgan fingerprint density at radius 3 is 2.13 bits per heavy atom. The van der Waals surface area contributed by atoms with Crippen LogP contribution in [0.3, 0.4) is 0 Å². The van der Waals surface area contributed by atoms with E-state index in [4.69, 9.17) is 9.90 Å². The molecule has 2 aromatic rings. The van der Waals surface area contributed by atoms with Gasteiger partial charge >= 0.3 is 0 Å². The predicted molar refractivity (Wildman–Crippen MR) is 113 cm³/mol. The summed E-state index contributed by atoms with van der Waals surface area (Å²) >= 11 is 0. The van der Waals surface area contributed by atoms with E-state index in [1.54, 1.807) is 0 Å². The van der Waals surface area contributed by atoms with Gasteiger partial charge in [0.25, 0.3) is 5.91 Å². The third-order valence-corrected chi connectivity index (χ3v) is 5.97. The summed E-state index contributed by atoms with van der Waals surface area (Å²) in [5.74, 6) is 0.828. The van der Waals surface area contributed by atoms with Crippen LogP contribution in [0.15, 0.2) is 42.7 Å². The van der Waals surface area contributed by atoms with Crippen molar-refractivity contribution in [2.45, 2.75) is 33.1 Å². The van der Waals surface area contributed by atoms with Crippen LogP contribution in [0, 0.1) is 11.3 Å². The van der Waals surface area contributed by atoms with E-state index in [0.717, 1.165) is 18.4 Å². The van der Waals surface area contributed by atoms with Gasteiger partial charge in [0.1, 0.15) is 19.2 Å². The summed E-state index contributed by atoms with van der Waals surface area (Å²) in [5.41, 5.74) is 1.08. The van der Waals surface area contributed by atoms with Gasteiger partial charge in [0.05, 0.1) is 5.56 Å². The topological polar surface area (TPSA) is 100 Å². The Kier molecular flexibility index (Phi) is 8.35. The van der Waals surface area contributed by atoms with E-state index in [-0.39, 0.29) is 17.1 Å². The van der Waals surface area contributed by atoms with Crippen LogP contribution in [0.5, 0.6) is 0 Å². The van der Waals surface area contributed by atoms with Gasteiger partial charge in [0, 0.05) is 37.5 Å². The first-order valence-corrected chi connectivity index (χ1v) is 10.0. The molecule has 0 saturated carbocycles. The number of ketones is 1. The van der Waals surface area contributed by atoms with Crippen LogP contribution in [-0.4, -0.2) is 58.2 Å². The quantitative estimate of drug-likeness (QED) is 0.734. The van der Waals surface area contributed by atoms with Crippen molar-refractivity contribution >= 4 is 18.5 Å². The second-order valence-electron chi connectivity index (χ2n) is 7.82. The predicted octanol–water partition coefficient (Wildman–Crippen LogP) is 2.59. The summed E-state index contributed by atoms with van der Waals surface area (Å²) in [4.78, 5) is 42.9. The lowest BCUT2D eigenvalue weighted by Gasteiger charge is -2.44. The van der Waals surface area contributed by atoms with E-state index in [9.17, 15) is 9.59 Å². The number of likely N-dealkylation sites (tertiary alicyclic amines) is 1. The molecule has 0 unspecified atom stereocenters. The number of Topliss-reactive ketones (excluding diaryl/α,β-unsaturated/α-hetero) is 1. The molecule has 0 atom stereocenters. The van der Waals surface area contributed by atoms with Crippen molar-refractivity contribution in [3.63, 3.8) is 0 Å². The Balaban J connectivity index is 0.00000155. The molecule has 1 aromatic heterocycles. The molecule has 1 amide bonds. The highest BCUT2D eigenvalue weighted by Gasteiger charge is 2.39. The van der Waals surface area contributed by atoms with Gasteiger partial charge in [-0.15, -0.1) is 0 Å². The summed E-state index contributed by atoms with van der Waals surface area (Å²) in [6.07, 6.45) is 5.48. The van der Waals surface area contributed by atoms with E-state index in [1.165, 1.54) is 12.4 Å². The van der Waals surface area contributed by atoms with Gasteiger partial charge in [0.15, 0.2) is 5.78 Å². The zero-order chi connectivity index (χ0) is 22.1. The molecule has 1 aliphatic heterocycles. The third-order valence-electron chi connectivity index (χ3n) is 5.97. The number of hydrogen-bond acceptors (Lipinski definition) is 6. The molecule has 1 aliphatic rings. The van der Waals surface area contributed by atoms with Gasteiger partial charge in [-0.05, 0) is 36.3 Å². The second-order valence-corrected chi connectivity index (χ2v) is 7.82. The van der Waals surface area contributed by atoms with Gasteiger partial charge in [-0.25, -0.2) is 9.97 Å². The highest BCUT2D eigenvalue weighted by Crippen LogP contribution is 2.41. The molecule has 1 fully saturated rings. The van der Waals surface area contributed by atoms with Gasteiger partial charge in [-0.2, -0.15) is 0 Å². The summed E-state index contributed by atoms with van der Waals surface area (Å²) in [6.45, 7) is 7.31. The van der Waals surface area contributed by atoms with Crippen LogP contribution in [0.2, 0.25) is 0 Å². The first-order chi connectivity index (χ1) is 14.4. The van der Waals surface area contributed by atoms with E-state index in [2.05, 4.69) is 23.8 Å². The summed E-state index contributed by atoms with van der Waals surface area (Å²) in [6, 6.07) is 9.40. The first kappa shape index (κ1) is 23.3. The third kappa shape index (κ3) is 5.36. The maximum absolute atomic E-state index is 12.7. The van der Waals surface area contributed by atoms with E-state index < -0.39 is 6.61 Å². The lowest BCUT2D eigenvalue weighted by molar-refractivity contribution is -0.0980. The van der Waals surface area contributed by atoms with Gasteiger partial charge in [-0.1, -0.05) is 32.0 Å². The van der Waals surface area contributed by atoms with E-state index in [1.807, 2.05) is 42.0 Å². The number of rotatable bonds is 6. The minimum atomic E-state index is -0.538. The van der Waals surface area contributed by atoms with Gasteiger partial charge < -0.3 is 14.8 Å². The SMILES string of the molecule is C=O.CC(C)C1(Cc2ncc(C(=O)CO)cn2)CCN(C(=O)c2ccccc2)CC1. The van der Waals surface area contributed by atoms with Crippen LogP contribution in [0.25, 0.3) is 0 Å². The molecular weight excluding hydrogens is 382 g/mol. The Morgan fingerprint density at radius 2 is 1.63 bits per heavy atom. The minimum Gasteiger partial charge on any atom is -0.388 e. The zero-order valence-electron chi connectivity index (χ0n) is 17.6. The number of aliphatic hydroxyl groups is 1. The number of amides is 1. The van der Waals surface area contributed by atoms with Crippen LogP contribution in [-0.2, 0) is 11.2 Å². The van der Waals surface area contributed by atoms with Crippen molar-refractivity contribution in [1.82, 2.24) is 14.9 Å². The molecule has 2 heterocycles. The lowest BCUT2D eigenvalue weighted by Crippen LogP contribution is -2.46. The molecule has 1 saturated heterocycles. The van der Waals surface area contributed by atoms with Crippen molar-refractivity contribution in [3.05, 3.63) is 59.7 Å². The van der Waals surface area contributed by atoms with Crippen molar-refractivity contribution in [2.75, 3.05) is 19.7 Å². The zero-order valence-corrected chi connectivity index (χ0v) is 17.6. The van der Waals surface area contributed by atoms with Gasteiger partial charge in [0.2, 0.25) is 0 Å². The molecule has 3 rings (SSSR count). The lowest BCUT2D eigenvalue weighted by atomic mass is 9.67. The maximum Gasteiger partial charge on any atom is 0.253 e. The van der Waals surface area contributed by atoms with Crippen LogP contribution >= 0.6 is 0 Å². The summed E-state index contributed by atoms with van der Waals surface area (Å²) in [5, 5.41) is 8.95. The molecule has 0 bridgehead atoms. The van der Waals surface area contributed by atoms with E-state index in [0.29, 0.717) is 36.8 Å². The summed E-state index contributed by atoms with van der Waals surface area (Å²) in [7, 11) is 0. The van der Waals surface area contributed by atoms with E-state index >= 15 is 0 Å². The van der Waals surface area contributed by atoms with Gasteiger partial charge in [-0.3, -0.25) is 9.59 Å². The highest BCUT2D eigenvalue weighted by molar-refractivity contribution is 5.96. The number of piperidine rings is 1. The minimum absolute atomic E-state index is 0.0238. The number of aliphatic hydroxyl groups excluding tert-OH is 1. The number of benzene rings is 1. The Morgan fingerprint density at radius 1 is 1.07 bits per heavy atom. The number of hydrogen-bond donors (Lipinski definition) is 1. The Labute approximate surface area is 177 Å². The monoisotopic (exact) mass is 411 g/mol. The molecule has 0 radical (unpaired) electrons. The number of aromatic nitrogens is 2. The molecular formula is C23H29N3O4. The largest absolute Gasteiger partial charge is 0.388 e. The molecule has 7 nitrogen and oxygen atoms in total. The Hall–Kier alpha value is -2.93.